The molecule has 1 heterocycles. The van der Waals surface area contributed by atoms with Crippen molar-refractivity contribution in [2.45, 2.75) is 44.8 Å². The van der Waals surface area contributed by atoms with E-state index in [1.54, 1.807) is 0 Å². The van der Waals surface area contributed by atoms with E-state index in [0.29, 0.717) is 12.2 Å². The maximum atomic E-state index is 5.89. The van der Waals surface area contributed by atoms with Crippen molar-refractivity contribution in [2.75, 3.05) is 0 Å². The highest BCUT2D eigenvalue weighted by atomic mass is 16.5. The number of hydrogen-bond donors (Lipinski definition) is 0. The molecule has 2 rings (SSSR count). The average molecular weight is 190 g/mol. The van der Waals surface area contributed by atoms with Crippen molar-refractivity contribution < 1.29 is 4.74 Å². The maximum Gasteiger partial charge on any atom is 0.0619 e. The van der Waals surface area contributed by atoms with E-state index in [1.807, 2.05) is 0 Å². The highest BCUT2D eigenvalue weighted by Crippen LogP contribution is 2.21. The van der Waals surface area contributed by atoms with Crippen LogP contribution in [0.5, 0.6) is 0 Å². The minimum Gasteiger partial charge on any atom is -0.375 e. The van der Waals surface area contributed by atoms with Crippen LogP contribution in [0.25, 0.3) is 0 Å². The molecule has 2 atom stereocenters. The summed E-state index contributed by atoms with van der Waals surface area (Å²) in [6.07, 6.45) is 5.74. The van der Waals surface area contributed by atoms with Gasteiger partial charge in [0, 0.05) is 0 Å². The molecule has 1 aliphatic rings. The maximum absolute atomic E-state index is 5.89. The Bertz CT molecular complexity index is 268. The molecule has 1 saturated heterocycles. The van der Waals surface area contributed by atoms with Crippen LogP contribution in [0.15, 0.2) is 30.3 Å². The molecule has 1 aromatic carbocycles. The monoisotopic (exact) mass is 190 g/mol. The van der Waals surface area contributed by atoms with Crippen molar-refractivity contribution in [1.29, 1.82) is 0 Å². The first-order chi connectivity index (χ1) is 6.84. The largest absolute Gasteiger partial charge is 0.375 e. The second-order valence-corrected chi connectivity index (χ2v) is 4.19. The Morgan fingerprint density at radius 2 is 2.00 bits per heavy atom. The normalized spacial score (nSPS) is 27.5. The molecule has 0 bridgehead atoms. The quantitative estimate of drug-likeness (QED) is 0.696. The molecule has 76 valence electrons. The van der Waals surface area contributed by atoms with Gasteiger partial charge in [-0.1, -0.05) is 30.3 Å². The Morgan fingerprint density at radius 3 is 2.71 bits per heavy atom. The summed E-state index contributed by atoms with van der Waals surface area (Å²) in [5, 5.41) is 0. The predicted octanol–water partition coefficient (Wildman–Crippen LogP) is 3.19. The zero-order chi connectivity index (χ0) is 9.80. The summed E-state index contributed by atoms with van der Waals surface area (Å²) >= 11 is 0. The van der Waals surface area contributed by atoms with Crippen LogP contribution < -0.4 is 0 Å². The molecule has 1 aliphatic heterocycles. The molecule has 0 aromatic heterocycles. The van der Waals surface area contributed by atoms with Gasteiger partial charge in [0.05, 0.1) is 12.2 Å². The van der Waals surface area contributed by atoms with E-state index in [2.05, 4.69) is 37.3 Å². The van der Waals surface area contributed by atoms with E-state index < -0.39 is 0 Å². The van der Waals surface area contributed by atoms with Gasteiger partial charge in [-0.25, -0.2) is 0 Å². The van der Waals surface area contributed by atoms with Crippen LogP contribution >= 0.6 is 0 Å². The minimum atomic E-state index is 0.446. The summed E-state index contributed by atoms with van der Waals surface area (Å²) in [5.74, 6) is 0. The second kappa shape index (κ2) is 4.61. The van der Waals surface area contributed by atoms with Crippen LogP contribution in [0.4, 0.5) is 0 Å². The van der Waals surface area contributed by atoms with Gasteiger partial charge in [0.15, 0.2) is 0 Å². The standard InChI is InChI=1S/C13H18O/c1-11-6-5-9-13(14-11)10-12-7-3-2-4-8-12/h2-4,7-8,11,13H,5-6,9-10H2,1H3. The van der Waals surface area contributed by atoms with E-state index in [0.717, 1.165) is 6.42 Å². The van der Waals surface area contributed by atoms with Crippen LogP contribution in [0, 0.1) is 0 Å². The van der Waals surface area contributed by atoms with E-state index in [9.17, 15) is 0 Å². The SMILES string of the molecule is CC1CCCC(Cc2ccccc2)O1. The highest BCUT2D eigenvalue weighted by Gasteiger charge is 2.18. The highest BCUT2D eigenvalue weighted by molar-refractivity contribution is 5.15. The zero-order valence-electron chi connectivity index (χ0n) is 8.78. The van der Waals surface area contributed by atoms with Crippen molar-refractivity contribution in [3.63, 3.8) is 0 Å². The first-order valence-electron chi connectivity index (χ1n) is 5.54. The van der Waals surface area contributed by atoms with Gasteiger partial charge < -0.3 is 4.74 Å². The lowest BCUT2D eigenvalue weighted by atomic mass is 9.99. The lowest BCUT2D eigenvalue weighted by molar-refractivity contribution is -0.0387. The number of hydrogen-bond acceptors (Lipinski definition) is 1. The van der Waals surface area contributed by atoms with Crippen LogP contribution in [0.3, 0.4) is 0 Å². The third-order valence-electron chi connectivity index (χ3n) is 2.87. The summed E-state index contributed by atoms with van der Waals surface area (Å²) in [5.41, 5.74) is 1.40. The van der Waals surface area contributed by atoms with Gasteiger partial charge in [-0.3, -0.25) is 0 Å². The van der Waals surface area contributed by atoms with Gasteiger partial charge in [0.1, 0.15) is 0 Å². The lowest BCUT2D eigenvalue weighted by Crippen LogP contribution is -2.27. The number of benzene rings is 1. The second-order valence-electron chi connectivity index (χ2n) is 4.19. The molecule has 0 N–H and O–H groups in total. The van der Waals surface area contributed by atoms with Crippen molar-refractivity contribution >= 4 is 0 Å². The van der Waals surface area contributed by atoms with Gasteiger partial charge in [0.25, 0.3) is 0 Å². The lowest BCUT2D eigenvalue weighted by Gasteiger charge is -2.27. The molecule has 0 radical (unpaired) electrons. The Labute approximate surface area is 86.1 Å². The molecule has 0 aliphatic carbocycles. The van der Waals surface area contributed by atoms with Crippen molar-refractivity contribution in [3.8, 4) is 0 Å². The molecular weight excluding hydrogens is 172 g/mol. The topological polar surface area (TPSA) is 9.23 Å². The van der Waals surface area contributed by atoms with E-state index in [1.165, 1.54) is 24.8 Å². The van der Waals surface area contributed by atoms with Crippen LogP contribution in [-0.4, -0.2) is 12.2 Å². The Balaban J connectivity index is 1.91. The van der Waals surface area contributed by atoms with Gasteiger partial charge in [-0.05, 0) is 38.2 Å². The zero-order valence-corrected chi connectivity index (χ0v) is 8.78. The average Bonchev–Trinajstić information content (AvgIpc) is 2.19. The molecule has 2 unspecified atom stereocenters. The molecule has 1 fully saturated rings. The summed E-state index contributed by atoms with van der Waals surface area (Å²) < 4.78 is 5.89. The van der Waals surface area contributed by atoms with E-state index >= 15 is 0 Å². The van der Waals surface area contributed by atoms with Gasteiger partial charge in [-0.15, -0.1) is 0 Å². The third-order valence-corrected chi connectivity index (χ3v) is 2.87. The summed E-state index contributed by atoms with van der Waals surface area (Å²) in [6, 6.07) is 10.6. The van der Waals surface area contributed by atoms with Crippen molar-refractivity contribution in [2.24, 2.45) is 0 Å². The molecule has 1 nitrogen and oxygen atoms in total. The third kappa shape index (κ3) is 2.58. The number of rotatable bonds is 2. The van der Waals surface area contributed by atoms with E-state index in [4.69, 9.17) is 4.74 Å². The molecule has 1 heteroatoms. The molecule has 0 spiro atoms. The van der Waals surface area contributed by atoms with Crippen LogP contribution in [-0.2, 0) is 11.2 Å². The van der Waals surface area contributed by atoms with Crippen molar-refractivity contribution in [1.82, 2.24) is 0 Å². The first kappa shape index (κ1) is 9.72. The molecule has 0 amide bonds. The summed E-state index contributed by atoms with van der Waals surface area (Å²) in [4.78, 5) is 0. The fourth-order valence-corrected chi connectivity index (χ4v) is 2.12. The fraction of sp³-hybridized carbons (Fsp3) is 0.538. The van der Waals surface area contributed by atoms with Crippen LogP contribution in [0.2, 0.25) is 0 Å². The molecular formula is C13H18O. The summed E-state index contributed by atoms with van der Waals surface area (Å²) in [6.45, 7) is 2.18. The fourth-order valence-electron chi connectivity index (χ4n) is 2.12. The van der Waals surface area contributed by atoms with Crippen LogP contribution in [0.1, 0.15) is 31.7 Å². The van der Waals surface area contributed by atoms with Gasteiger partial charge in [0.2, 0.25) is 0 Å². The predicted molar refractivity (Wildman–Crippen MR) is 58.3 cm³/mol. The van der Waals surface area contributed by atoms with Crippen molar-refractivity contribution in [3.05, 3.63) is 35.9 Å². The first-order valence-corrected chi connectivity index (χ1v) is 5.54. The Morgan fingerprint density at radius 1 is 1.21 bits per heavy atom. The smallest absolute Gasteiger partial charge is 0.0619 e. The Hall–Kier alpha value is -0.820. The number of ether oxygens (including phenoxy) is 1. The minimum absolute atomic E-state index is 0.446. The van der Waals surface area contributed by atoms with E-state index in [-0.39, 0.29) is 0 Å². The Kier molecular flexibility index (Phi) is 3.20. The molecule has 0 saturated carbocycles. The van der Waals surface area contributed by atoms with Gasteiger partial charge >= 0.3 is 0 Å². The summed E-state index contributed by atoms with van der Waals surface area (Å²) in [7, 11) is 0. The molecule has 14 heavy (non-hydrogen) atoms. The molecule has 1 aromatic rings. The van der Waals surface area contributed by atoms with Gasteiger partial charge in [-0.2, -0.15) is 0 Å².